The van der Waals surface area contributed by atoms with Crippen molar-refractivity contribution in [3.05, 3.63) is 23.7 Å². The standard InChI is InChI=1S/C23H34F3N9O/c1-16-19(14-35(32-16)17-5-8-27-9-6-17)30-22-29-13-18(23(24,25)26)21(31-22)28-7-3-11-34-12-4-10-33(2)15-20(34)36/h13-14,17,27H,3-12,15H2,1-2H3,(H2,28,29,30,31). The second-order valence-electron chi connectivity index (χ2n) is 9.42. The van der Waals surface area contributed by atoms with E-state index in [9.17, 15) is 18.0 Å². The van der Waals surface area contributed by atoms with Gasteiger partial charge in [-0.3, -0.25) is 14.4 Å². The predicted octanol–water partition coefficient (Wildman–Crippen LogP) is 2.63. The van der Waals surface area contributed by atoms with Crippen molar-refractivity contribution in [3.63, 3.8) is 0 Å². The molecule has 2 aromatic heterocycles. The number of carbonyl (C=O) groups excluding carboxylic acids is 1. The van der Waals surface area contributed by atoms with Gasteiger partial charge >= 0.3 is 6.18 Å². The molecule has 2 saturated heterocycles. The molecule has 36 heavy (non-hydrogen) atoms. The lowest BCUT2D eigenvalue weighted by Crippen LogP contribution is -2.36. The van der Waals surface area contributed by atoms with Crippen LogP contribution in [0.5, 0.6) is 0 Å². The number of aromatic nitrogens is 4. The van der Waals surface area contributed by atoms with Crippen molar-refractivity contribution < 1.29 is 18.0 Å². The minimum Gasteiger partial charge on any atom is -0.369 e. The quantitative estimate of drug-likeness (QED) is 0.467. The molecule has 0 atom stereocenters. The number of piperidine rings is 1. The van der Waals surface area contributed by atoms with E-state index in [0.717, 1.165) is 50.8 Å². The van der Waals surface area contributed by atoms with E-state index in [-0.39, 0.29) is 30.3 Å². The lowest BCUT2D eigenvalue weighted by molar-refractivity contribution is -0.137. The summed E-state index contributed by atoms with van der Waals surface area (Å²) >= 11 is 0. The van der Waals surface area contributed by atoms with Gasteiger partial charge in [0.1, 0.15) is 11.4 Å². The number of rotatable bonds is 8. The first-order chi connectivity index (χ1) is 17.2. The summed E-state index contributed by atoms with van der Waals surface area (Å²) < 4.78 is 42.7. The summed E-state index contributed by atoms with van der Waals surface area (Å²) in [7, 11) is 1.91. The summed E-state index contributed by atoms with van der Waals surface area (Å²) in [5, 5.41) is 13.7. The molecule has 198 valence electrons. The third kappa shape index (κ3) is 6.64. The fourth-order valence-corrected chi connectivity index (χ4v) is 4.55. The monoisotopic (exact) mass is 509 g/mol. The maximum atomic E-state index is 13.6. The highest BCUT2D eigenvalue weighted by Crippen LogP contribution is 2.34. The molecule has 4 rings (SSSR count). The zero-order chi connectivity index (χ0) is 25.7. The number of nitrogens with zero attached hydrogens (tertiary/aromatic N) is 6. The molecule has 0 unspecified atom stereocenters. The van der Waals surface area contributed by atoms with E-state index < -0.39 is 11.7 Å². The zero-order valence-corrected chi connectivity index (χ0v) is 20.7. The molecule has 2 aliphatic rings. The first-order valence-corrected chi connectivity index (χ1v) is 12.4. The van der Waals surface area contributed by atoms with E-state index in [1.54, 1.807) is 4.90 Å². The van der Waals surface area contributed by atoms with Crippen LogP contribution in [0.25, 0.3) is 0 Å². The summed E-state index contributed by atoms with van der Waals surface area (Å²) in [5.41, 5.74) is 0.450. The number of nitrogens with one attached hydrogen (secondary N) is 3. The Morgan fingerprint density at radius 1 is 1.22 bits per heavy atom. The Balaban J connectivity index is 1.41. The third-order valence-corrected chi connectivity index (χ3v) is 6.56. The first-order valence-electron chi connectivity index (χ1n) is 12.4. The highest BCUT2D eigenvalue weighted by molar-refractivity contribution is 5.78. The summed E-state index contributed by atoms with van der Waals surface area (Å²) in [5.74, 6) is -0.186. The Kier molecular flexibility index (Phi) is 8.29. The van der Waals surface area contributed by atoms with Crippen molar-refractivity contribution in [2.75, 3.05) is 63.5 Å². The van der Waals surface area contributed by atoms with Crippen LogP contribution >= 0.6 is 0 Å². The summed E-state index contributed by atoms with van der Waals surface area (Å²) in [6, 6.07) is 0.280. The van der Waals surface area contributed by atoms with Gasteiger partial charge in [-0.1, -0.05) is 0 Å². The van der Waals surface area contributed by atoms with Gasteiger partial charge in [0.15, 0.2) is 0 Å². The van der Waals surface area contributed by atoms with E-state index in [1.807, 2.05) is 29.7 Å². The van der Waals surface area contributed by atoms with Gasteiger partial charge in [-0.25, -0.2) is 4.98 Å². The van der Waals surface area contributed by atoms with Gasteiger partial charge in [0.05, 0.1) is 24.0 Å². The molecule has 0 bridgehead atoms. The largest absolute Gasteiger partial charge is 0.421 e. The number of aryl methyl sites for hydroxylation is 1. The SMILES string of the molecule is Cc1nn(C2CCNCC2)cc1Nc1ncc(C(F)(F)F)c(NCCCN2CCCN(C)CC2=O)n1. The molecular formula is C23H34F3N9O. The number of hydrogen-bond donors (Lipinski definition) is 3. The van der Waals surface area contributed by atoms with Crippen molar-refractivity contribution >= 4 is 23.4 Å². The van der Waals surface area contributed by atoms with Gasteiger partial charge < -0.3 is 20.9 Å². The predicted molar refractivity (Wildman–Crippen MR) is 130 cm³/mol. The molecule has 1 amide bonds. The number of halogens is 3. The van der Waals surface area contributed by atoms with E-state index >= 15 is 0 Å². The molecule has 10 nitrogen and oxygen atoms in total. The first kappa shape index (κ1) is 26.1. The Labute approximate surface area is 208 Å². The molecule has 0 aromatic carbocycles. The van der Waals surface area contributed by atoms with Crippen molar-refractivity contribution in [1.82, 2.24) is 34.9 Å². The molecule has 0 spiro atoms. The van der Waals surface area contributed by atoms with Gasteiger partial charge in [-0.05, 0) is 52.7 Å². The fourth-order valence-electron chi connectivity index (χ4n) is 4.55. The molecular weight excluding hydrogens is 475 g/mol. The molecule has 0 aliphatic carbocycles. The lowest BCUT2D eigenvalue weighted by atomic mass is 10.1. The van der Waals surface area contributed by atoms with Crippen molar-refractivity contribution in [2.24, 2.45) is 0 Å². The minimum absolute atomic E-state index is 0.0416. The van der Waals surface area contributed by atoms with Crippen LogP contribution in [0, 0.1) is 6.92 Å². The van der Waals surface area contributed by atoms with Gasteiger partial charge in [0.25, 0.3) is 0 Å². The van der Waals surface area contributed by atoms with E-state index in [1.165, 1.54) is 0 Å². The van der Waals surface area contributed by atoms with Crippen molar-refractivity contribution in [3.8, 4) is 0 Å². The van der Waals surface area contributed by atoms with Gasteiger partial charge in [0, 0.05) is 38.6 Å². The Bertz CT molecular complexity index is 1040. The fraction of sp³-hybridized carbons (Fsp3) is 0.652. The smallest absolute Gasteiger partial charge is 0.369 e. The molecule has 2 aromatic rings. The van der Waals surface area contributed by atoms with E-state index in [4.69, 9.17) is 0 Å². The topological polar surface area (TPSA) is 103 Å². The normalized spacial score (nSPS) is 18.4. The zero-order valence-electron chi connectivity index (χ0n) is 20.7. The maximum Gasteiger partial charge on any atom is 0.421 e. The van der Waals surface area contributed by atoms with Crippen molar-refractivity contribution in [2.45, 2.75) is 44.8 Å². The number of carbonyl (C=O) groups is 1. The molecule has 3 N–H and O–H groups in total. The van der Waals surface area contributed by atoms with E-state index in [2.05, 4.69) is 31.0 Å². The lowest BCUT2D eigenvalue weighted by Gasteiger charge is -2.22. The minimum atomic E-state index is -4.60. The number of alkyl halides is 3. The maximum absolute atomic E-state index is 13.6. The number of amides is 1. The van der Waals surface area contributed by atoms with Gasteiger partial charge in [-0.15, -0.1) is 0 Å². The van der Waals surface area contributed by atoms with E-state index in [0.29, 0.717) is 31.7 Å². The van der Waals surface area contributed by atoms with Crippen LogP contribution in [0.4, 0.5) is 30.6 Å². The number of anilines is 3. The number of likely N-dealkylation sites (N-methyl/N-ethyl adjacent to an activating group) is 1. The molecule has 13 heteroatoms. The van der Waals surface area contributed by atoms with Crippen LogP contribution in [0.1, 0.15) is 43.0 Å². The summed E-state index contributed by atoms with van der Waals surface area (Å²) in [4.78, 5) is 24.1. The third-order valence-electron chi connectivity index (χ3n) is 6.56. The van der Waals surface area contributed by atoms with Gasteiger partial charge in [0.2, 0.25) is 11.9 Å². The van der Waals surface area contributed by atoms with Crippen LogP contribution in [0.3, 0.4) is 0 Å². The molecule has 0 radical (unpaired) electrons. The highest BCUT2D eigenvalue weighted by atomic mass is 19.4. The van der Waals surface area contributed by atoms with Crippen LogP contribution in [-0.4, -0.2) is 88.3 Å². The Hall–Kier alpha value is -2.93. The van der Waals surface area contributed by atoms with Gasteiger partial charge in [-0.2, -0.15) is 23.3 Å². The van der Waals surface area contributed by atoms with Crippen LogP contribution in [0.2, 0.25) is 0 Å². The second kappa shape index (κ2) is 11.4. The average molecular weight is 510 g/mol. The molecule has 2 aliphatic heterocycles. The van der Waals surface area contributed by atoms with Crippen LogP contribution in [-0.2, 0) is 11.0 Å². The Morgan fingerprint density at radius 2 is 2.00 bits per heavy atom. The number of hydrogen-bond acceptors (Lipinski definition) is 8. The highest BCUT2D eigenvalue weighted by Gasteiger charge is 2.35. The molecule has 0 saturated carbocycles. The molecule has 2 fully saturated rings. The van der Waals surface area contributed by atoms with Crippen LogP contribution in [0.15, 0.2) is 12.4 Å². The van der Waals surface area contributed by atoms with Crippen LogP contribution < -0.4 is 16.0 Å². The van der Waals surface area contributed by atoms with Crippen molar-refractivity contribution in [1.29, 1.82) is 0 Å². The summed E-state index contributed by atoms with van der Waals surface area (Å²) in [6.45, 7) is 6.27. The summed E-state index contributed by atoms with van der Waals surface area (Å²) in [6.07, 6.45) is 1.36. The second-order valence-corrected chi connectivity index (χ2v) is 9.42. The average Bonchev–Trinajstić information content (AvgIpc) is 3.11. The Morgan fingerprint density at radius 3 is 2.75 bits per heavy atom. The molecule has 4 heterocycles.